The molecule has 3 aromatic rings. The zero-order valence-corrected chi connectivity index (χ0v) is 14.1. The molecule has 0 bridgehead atoms. The quantitative estimate of drug-likeness (QED) is 0.719. The Morgan fingerprint density at radius 3 is 2.54 bits per heavy atom. The van der Waals surface area contributed by atoms with Crippen LogP contribution < -0.4 is 5.32 Å². The summed E-state index contributed by atoms with van der Waals surface area (Å²) in [6.07, 6.45) is 2.70. The van der Waals surface area contributed by atoms with E-state index in [4.69, 9.17) is 0 Å². The molecule has 0 aliphatic rings. The maximum absolute atomic E-state index is 13.0. The first-order valence-electron chi connectivity index (χ1n) is 8.40. The van der Waals surface area contributed by atoms with Crippen molar-refractivity contribution in [1.82, 2.24) is 4.98 Å². The molecule has 2 aromatic carbocycles. The number of para-hydroxylation sites is 1. The number of carbonyl (C=O) groups is 1. The number of hydrogen-bond donors (Lipinski definition) is 1. The van der Waals surface area contributed by atoms with Crippen molar-refractivity contribution in [3.05, 3.63) is 72.4 Å². The summed E-state index contributed by atoms with van der Waals surface area (Å²) in [4.78, 5) is 17.4. The van der Waals surface area contributed by atoms with Crippen LogP contribution in [0.1, 0.15) is 31.7 Å². The molecule has 1 heterocycles. The van der Waals surface area contributed by atoms with Crippen molar-refractivity contribution in [1.29, 1.82) is 0 Å². The van der Waals surface area contributed by atoms with Crippen molar-refractivity contribution in [2.75, 3.05) is 5.32 Å². The van der Waals surface area contributed by atoms with Crippen LogP contribution in [0.3, 0.4) is 0 Å². The monoisotopic (exact) mass is 318 g/mol. The Bertz CT molecular complexity index is 824. The molecule has 24 heavy (non-hydrogen) atoms. The maximum Gasteiger partial charge on any atom is 0.232 e. The average Bonchev–Trinajstić information content (AvgIpc) is 2.63. The molecule has 3 heteroatoms. The van der Waals surface area contributed by atoms with Crippen molar-refractivity contribution in [3.8, 4) is 0 Å². The standard InChI is InChI=1S/C21H22N2O/c1-3-15(2)19(16-9-5-4-6-10-16)21(24)23-18-13-7-11-17-12-8-14-22-20(17)18/h4-15,19H,3H2,1-2H3,(H,23,24). The van der Waals surface area contributed by atoms with Gasteiger partial charge in [-0.15, -0.1) is 0 Å². The fourth-order valence-corrected chi connectivity index (χ4v) is 3.05. The highest BCUT2D eigenvalue weighted by atomic mass is 16.1. The van der Waals surface area contributed by atoms with Gasteiger partial charge in [0.1, 0.15) is 0 Å². The number of pyridine rings is 1. The molecule has 0 aliphatic heterocycles. The highest BCUT2D eigenvalue weighted by Gasteiger charge is 2.26. The molecule has 2 unspecified atom stereocenters. The Labute approximate surface area is 142 Å². The van der Waals surface area contributed by atoms with E-state index in [-0.39, 0.29) is 17.7 Å². The van der Waals surface area contributed by atoms with Gasteiger partial charge >= 0.3 is 0 Å². The number of benzene rings is 2. The lowest BCUT2D eigenvalue weighted by atomic mass is 9.85. The van der Waals surface area contributed by atoms with E-state index in [1.807, 2.05) is 60.7 Å². The Balaban J connectivity index is 1.93. The summed E-state index contributed by atoms with van der Waals surface area (Å²) in [5, 5.41) is 4.12. The summed E-state index contributed by atoms with van der Waals surface area (Å²) >= 11 is 0. The van der Waals surface area contributed by atoms with Crippen LogP contribution in [0.2, 0.25) is 0 Å². The van der Waals surface area contributed by atoms with Crippen LogP contribution in [0.5, 0.6) is 0 Å². The van der Waals surface area contributed by atoms with Crippen LogP contribution in [0.15, 0.2) is 66.9 Å². The van der Waals surface area contributed by atoms with Gasteiger partial charge in [0.05, 0.1) is 17.1 Å². The zero-order valence-electron chi connectivity index (χ0n) is 14.1. The third-order valence-corrected chi connectivity index (χ3v) is 4.54. The van der Waals surface area contributed by atoms with E-state index < -0.39 is 0 Å². The van der Waals surface area contributed by atoms with Gasteiger partial charge in [-0.25, -0.2) is 0 Å². The van der Waals surface area contributed by atoms with Crippen LogP contribution in [0, 0.1) is 5.92 Å². The molecule has 0 spiro atoms. The van der Waals surface area contributed by atoms with E-state index in [1.54, 1.807) is 6.20 Å². The Morgan fingerprint density at radius 2 is 1.79 bits per heavy atom. The fraction of sp³-hybridized carbons (Fsp3) is 0.238. The number of amides is 1. The van der Waals surface area contributed by atoms with E-state index in [0.717, 1.165) is 28.6 Å². The molecule has 0 radical (unpaired) electrons. The first-order chi connectivity index (χ1) is 11.7. The molecule has 0 saturated heterocycles. The van der Waals surface area contributed by atoms with E-state index in [0.29, 0.717) is 0 Å². The van der Waals surface area contributed by atoms with E-state index in [1.165, 1.54) is 0 Å². The maximum atomic E-state index is 13.0. The van der Waals surface area contributed by atoms with E-state index in [9.17, 15) is 4.79 Å². The molecule has 0 saturated carbocycles. The van der Waals surface area contributed by atoms with Crippen LogP contribution in [-0.4, -0.2) is 10.9 Å². The van der Waals surface area contributed by atoms with Crippen LogP contribution >= 0.6 is 0 Å². The fourth-order valence-electron chi connectivity index (χ4n) is 3.05. The summed E-state index contributed by atoms with van der Waals surface area (Å²) in [6, 6.07) is 19.8. The topological polar surface area (TPSA) is 42.0 Å². The number of rotatable bonds is 5. The lowest BCUT2D eigenvalue weighted by Crippen LogP contribution is -2.26. The summed E-state index contributed by atoms with van der Waals surface area (Å²) in [5.41, 5.74) is 2.64. The normalized spacial score (nSPS) is 13.4. The second-order valence-corrected chi connectivity index (χ2v) is 6.14. The first-order valence-corrected chi connectivity index (χ1v) is 8.40. The lowest BCUT2D eigenvalue weighted by Gasteiger charge is -2.23. The Hall–Kier alpha value is -2.68. The van der Waals surface area contributed by atoms with E-state index in [2.05, 4.69) is 24.1 Å². The van der Waals surface area contributed by atoms with Crippen molar-refractivity contribution in [3.63, 3.8) is 0 Å². The highest BCUT2D eigenvalue weighted by molar-refractivity contribution is 6.02. The number of nitrogens with one attached hydrogen (secondary N) is 1. The molecule has 2 atom stereocenters. The van der Waals surface area contributed by atoms with Crippen molar-refractivity contribution < 1.29 is 4.79 Å². The van der Waals surface area contributed by atoms with Gasteiger partial charge in [0.15, 0.2) is 0 Å². The summed E-state index contributed by atoms with van der Waals surface area (Å²) in [6.45, 7) is 4.24. The molecule has 1 amide bonds. The second-order valence-electron chi connectivity index (χ2n) is 6.14. The lowest BCUT2D eigenvalue weighted by molar-refractivity contribution is -0.118. The summed E-state index contributed by atoms with van der Waals surface area (Å²) < 4.78 is 0. The number of aromatic nitrogens is 1. The zero-order chi connectivity index (χ0) is 16.9. The molecule has 3 nitrogen and oxygen atoms in total. The predicted octanol–water partition coefficient (Wildman–Crippen LogP) is 5.00. The van der Waals surface area contributed by atoms with Gasteiger partial charge in [0, 0.05) is 11.6 Å². The smallest absolute Gasteiger partial charge is 0.232 e. The van der Waals surface area contributed by atoms with Crippen molar-refractivity contribution in [2.45, 2.75) is 26.2 Å². The van der Waals surface area contributed by atoms with Crippen molar-refractivity contribution in [2.24, 2.45) is 5.92 Å². The molecule has 0 aliphatic carbocycles. The molecule has 0 fully saturated rings. The number of hydrogen-bond acceptors (Lipinski definition) is 2. The minimum Gasteiger partial charge on any atom is -0.324 e. The molecular formula is C21H22N2O. The highest BCUT2D eigenvalue weighted by Crippen LogP contribution is 2.29. The summed E-state index contributed by atoms with van der Waals surface area (Å²) in [5.74, 6) is 0.110. The van der Waals surface area contributed by atoms with Gasteiger partial charge in [0.25, 0.3) is 0 Å². The number of anilines is 1. The minimum absolute atomic E-state index is 0.0219. The Morgan fingerprint density at radius 1 is 1.04 bits per heavy atom. The number of nitrogens with zero attached hydrogens (tertiary/aromatic N) is 1. The van der Waals surface area contributed by atoms with Gasteiger partial charge in [-0.05, 0) is 23.6 Å². The number of carbonyl (C=O) groups excluding carboxylic acids is 1. The SMILES string of the molecule is CCC(C)C(C(=O)Nc1cccc2cccnc12)c1ccccc1. The van der Waals surface area contributed by atoms with E-state index >= 15 is 0 Å². The molecule has 1 aromatic heterocycles. The largest absolute Gasteiger partial charge is 0.324 e. The van der Waals surface area contributed by atoms with Gasteiger partial charge in [-0.2, -0.15) is 0 Å². The molecule has 3 rings (SSSR count). The first kappa shape index (κ1) is 16.2. The second kappa shape index (κ2) is 7.26. The molecule has 1 N–H and O–H groups in total. The van der Waals surface area contributed by atoms with Crippen molar-refractivity contribution >= 4 is 22.5 Å². The summed E-state index contributed by atoms with van der Waals surface area (Å²) in [7, 11) is 0. The Kier molecular flexibility index (Phi) is 4.90. The van der Waals surface area contributed by atoms with Crippen LogP contribution in [0.25, 0.3) is 10.9 Å². The predicted molar refractivity (Wildman–Crippen MR) is 99.0 cm³/mol. The third kappa shape index (κ3) is 3.30. The van der Waals surface area contributed by atoms with Gasteiger partial charge in [0.2, 0.25) is 5.91 Å². The molecular weight excluding hydrogens is 296 g/mol. The van der Waals surface area contributed by atoms with Crippen LogP contribution in [-0.2, 0) is 4.79 Å². The third-order valence-electron chi connectivity index (χ3n) is 4.54. The number of fused-ring (bicyclic) bond motifs is 1. The minimum atomic E-state index is -0.171. The van der Waals surface area contributed by atoms with Gasteiger partial charge < -0.3 is 5.32 Å². The van der Waals surface area contributed by atoms with Crippen LogP contribution in [0.4, 0.5) is 5.69 Å². The van der Waals surface area contributed by atoms with Gasteiger partial charge in [-0.1, -0.05) is 68.8 Å². The average molecular weight is 318 g/mol. The molecule has 122 valence electrons. The van der Waals surface area contributed by atoms with Gasteiger partial charge in [-0.3, -0.25) is 9.78 Å².